The van der Waals surface area contributed by atoms with Crippen LogP contribution in [0.1, 0.15) is 53.4 Å². The van der Waals surface area contributed by atoms with Crippen molar-refractivity contribution in [3.63, 3.8) is 0 Å². The number of carbonyl (C=O) groups excluding carboxylic acids is 6. The molecule has 0 aromatic heterocycles. The quantitative estimate of drug-likeness (QED) is 0.276. The summed E-state index contributed by atoms with van der Waals surface area (Å²) in [6, 6.07) is 0. The zero-order valence-corrected chi connectivity index (χ0v) is 19.3. The Balaban J connectivity index is 0.000000491. The summed E-state index contributed by atoms with van der Waals surface area (Å²) >= 11 is 4.58. The van der Waals surface area contributed by atoms with Crippen LogP contribution in [-0.4, -0.2) is 39.9 Å². The fraction of sp³-hybridized carbons (Fsp3) is 0.600. The van der Waals surface area contributed by atoms with Gasteiger partial charge in [0.2, 0.25) is 0 Å². The van der Waals surface area contributed by atoms with Crippen molar-refractivity contribution in [3.05, 3.63) is 12.2 Å². The first-order chi connectivity index (χ1) is 13.8. The highest BCUT2D eigenvalue weighted by Gasteiger charge is 2.34. The first-order valence-corrected chi connectivity index (χ1v) is 10.7. The van der Waals surface area contributed by atoms with Gasteiger partial charge >= 0.3 is 23.9 Å². The van der Waals surface area contributed by atoms with Crippen LogP contribution in [0.25, 0.3) is 0 Å². The Morgan fingerprint density at radius 1 is 1.03 bits per heavy atom. The molecule has 30 heavy (non-hydrogen) atoms. The van der Waals surface area contributed by atoms with Gasteiger partial charge in [-0.15, -0.1) is 19.2 Å². The molecule has 2 aliphatic heterocycles. The molecular formula is C20H28O8S2. The highest BCUT2D eigenvalue weighted by molar-refractivity contribution is 8.13. The predicted octanol–water partition coefficient (Wildman–Crippen LogP) is 2.89. The van der Waals surface area contributed by atoms with Crippen LogP contribution in [0.4, 0.5) is 0 Å². The second-order valence-electron chi connectivity index (χ2n) is 7.21. The van der Waals surface area contributed by atoms with Gasteiger partial charge in [0.05, 0.1) is 24.7 Å². The van der Waals surface area contributed by atoms with Crippen LogP contribution in [0.5, 0.6) is 0 Å². The lowest BCUT2D eigenvalue weighted by Crippen LogP contribution is -2.13. The second-order valence-corrected chi connectivity index (χ2v) is 9.04. The van der Waals surface area contributed by atoms with E-state index in [2.05, 4.69) is 28.7 Å². The highest BCUT2D eigenvalue weighted by atomic mass is 32.2. The summed E-state index contributed by atoms with van der Waals surface area (Å²) in [6.45, 7) is 10.4. The summed E-state index contributed by atoms with van der Waals surface area (Å²) in [5.41, 5.74) is 0.904. The summed E-state index contributed by atoms with van der Waals surface area (Å²) in [5.74, 6) is -1.33. The molecule has 0 aromatic rings. The molecule has 2 rings (SSSR count). The number of thiol groups is 1. The molecule has 0 amide bonds. The van der Waals surface area contributed by atoms with Crippen LogP contribution in [-0.2, 0) is 38.2 Å². The van der Waals surface area contributed by atoms with Gasteiger partial charge in [0.25, 0.3) is 0 Å². The van der Waals surface area contributed by atoms with E-state index in [-0.39, 0.29) is 40.8 Å². The Bertz CT molecular complexity index is 697. The van der Waals surface area contributed by atoms with Crippen LogP contribution in [0, 0.1) is 17.8 Å². The Labute approximate surface area is 185 Å². The van der Waals surface area contributed by atoms with E-state index in [4.69, 9.17) is 0 Å². The standard InChI is InChI=1S/C10H14O4S.C8H10O3.C2H4OS/c1-6(5-15-7(2)11)3-8-4-9(12)14-10(8)13;1-5(2)3-6-4-7(9)11-8(6)10;1-2(3)4/h6,8H,3-5H2,1-2H3;6H,1,3-4H2,2H3;1H3,(H,3,4). The Kier molecular flexibility index (Phi) is 13.2. The van der Waals surface area contributed by atoms with Crippen molar-refractivity contribution < 1.29 is 38.2 Å². The molecule has 8 nitrogen and oxygen atoms in total. The minimum Gasteiger partial charge on any atom is -0.393 e. The van der Waals surface area contributed by atoms with Gasteiger partial charge in [0.1, 0.15) is 0 Å². The fourth-order valence-electron chi connectivity index (χ4n) is 2.61. The molecular weight excluding hydrogens is 432 g/mol. The van der Waals surface area contributed by atoms with E-state index in [1.54, 1.807) is 0 Å². The van der Waals surface area contributed by atoms with Gasteiger partial charge in [-0.2, -0.15) is 0 Å². The third-order valence-corrected chi connectivity index (χ3v) is 4.92. The number of esters is 4. The normalized spacial score (nSPS) is 20.8. The van der Waals surface area contributed by atoms with E-state index in [0.717, 1.165) is 5.57 Å². The Hall–Kier alpha value is -1.94. The van der Waals surface area contributed by atoms with Crippen molar-refractivity contribution in [2.75, 3.05) is 5.75 Å². The lowest BCUT2D eigenvalue weighted by molar-refractivity contribution is -0.154. The minimum absolute atomic E-state index is 0.0759. The molecule has 2 heterocycles. The van der Waals surface area contributed by atoms with E-state index in [9.17, 15) is 28.8 Å². The molecule has 0 radical (unpaired) electrons. The number of thioether (sulfide) groups is 1. The molecule has 0 aliphatic carbocycles. The Morgan fingerprint density at radius 2 is 1.47 bits per heavy atom. The molecule has 3 unspecified atom stereocenters. The molecule has 2 fully saturated rings. The summed E-state index contributed by atoms with van der Waals surface area (Å²) in [4.78, 5) is 63.4. The van der Waals surface area contributed by atoms with Gasteiger partial charge in [-0.05, 0) is 25.7 Å². The van der Waals surface area contributed by atoms with Crippen molar-refractivity contribution in [2.24, 2.45) is 17.8 Å². The van der Waals surface area contributed by atoms with E-state index in [0.29, 0.717) is 18.6 Å². The number of cyclic esters (lactones) is 4. The predicted molar refractivity (Wildman–Crippen MR) is 114 cm³/mol. The molecule has 0 bridgehead atoms. The van der Waals surface area contributed by atoms with E-state index < -0.39 is 23.9 Å². The molecule has 2 saturated heterocycles. The third kappa shape index (κ3) is 13.3. The fourth-order valence-corrected chi connectivity index (χ4v) is 3.27. The second kappa shape index (κ2) is 14.1. The van der Waals surface area contributed by atoms with Crippen molar-refractivity contribution in [3.8, 4) is 0 Å². The third-order valence-electron chi connectivity index (χ3n) is 3.77. The van der Waals surface area contributed by atoms with E-state index in [1.807, 2.05) is 13.8 Å². The van der Waals surface area contributed by atoms with Crippen LogP contribution < -0.4 is 0 Å². The van der Waals surface area contributed by atoms with Gasteiger partial charge in [0.15, 0.2) is 10.2 Å². The molecule has 0 saturated carbocycles. The average Bonchev–Trinajstić information content (AvgIpc) is 3.05. The van der Waals surface area contributed by atoms with Crippen LogP contribution in [0.2, 0.25) is 0 Å². The molecule has 168 valence electrons. The lowest BCUT2D eigenvalue weighted by atomic mass is 9.96. The number of carbonyl (C=O) groups is 6. The maximum Gasteiger partial charge on any atom is 0.317 e. The SMILES string of the molecule is C=C(C)CC1CC(=O)OC1=O.CC(=O)S.CC(=O)SCC(C)CC1CC(=O)OC1=O. The number of hydrogen-bond donors (Lipinski definition) is 1. The van der Waals surface area contributed by atoms with Crippen LogP contribution in [0.3, 0.4) is 0 Å². The average molecular weight is 461 g/mol. The Morgan fingerprint density at radius 3 is 1.80 bits per heavy atom. The van der Waals surface area contributed by atoms with Crippen molar-refractivity contribution in [2.45, 2.75) is 53.4 Å². The monoisotopic (exact) mass is 460 g/mol. The number of ether oxygens (including phenoxy) is 2. The molecule has 10 heteroatoms. The summed E-state index contributed by atoms with van der Waals surface area (Å²) in [5, 5.41) is -0.0630. The highest BCUT2D eigenvalue weighted by Crippen LogP contribution is 2.25. The maximum atomic E-state index is 11.1. The smallest absolute Gasteiger partial charge is 0.317 e. The molecule has 2 aliphatic rings. The topological polar surface area (TPSA) is 121 Å². The molecule has 3 atom stereocenters. The zero-order valence-electron chi connectivity index (χ0n) is 17.6. The molecule has 0 aromatic carbocycles. The van der Waals surface area contributed by atoms with Gasteiger partial charge in [0, 0.05) is 19.6 Å². The van der Waals surface area contributed by atoms with Crippen molar-refractivity contribution >= 4 is 58.5 Å². The largest absolute Gasteiger partial charge is 0.393 e. The number of rotatable bonds is 6. The van der Waals surface area contributed by atoms with Crippen LogP contribution in [0.15, 0.2) is 12.2 Å². The van der Waals surface area contributed by atoms with Gasteiger partial charge < -0.3 is 9.47 Å². The number of hydrogen-bond acceptors (Lipinski definition) is 9. The van der Waals surface area contributed by atoms with E-state index in [1.165, 1.54) is 25.6 Å². The first kappa shape index (κ1) is 28.1. The first-order valence-electron chi connectivity index (χ1n) is 9.28. The lowest BCUT2D eigenvalue weighted by Gasteiger charge is -2.11. The van der Waals surface area contributed by atoms with Gasteiger partial charge in [-0.25, -0.2) is 0 Å². The minimum atomic E-state index is -0.434. The van der Waals surface area contributed by atoms with E-state index >= 15 is 0 Å². The van der Waals surface area contributed by atoms with Crippen LogP contribution >= 0.6 is 24.4 Å². The van der Waals surface area contributed by atoms with Crippen molar-refractivity contribution in [1.82, 2.24) is 0 Å². The van der Waals surface area contributed by atoms with Crippen molar-refractivity contribution in [1.29, 1.82) is 0 Å². The zero-order chi connectivity index (χ0) is 23.4. The molecule has 0 N–H and O–H groups in total. The summed E-state index contributed by atoms with van der Waals surface area (Å²) in [7, 11) is 0. The summed E-state index contributed by atoms with van der Waals surface area (Å²) in [6.07, 6.45) is 1.58. The summed E-state index contributed by atoms with van der Waals surface area (Å²) < 4.78 is 8.80. The molecule has 0 spiro atoms. The van der Waals surface area contributed by atoms with Gasteiger partial charge in [-0.3, -0.25) is 28.8 Å². The number of allylic oxidation sites excluding steroid dienone is 1. The van der Waals surface area contributed by atoms with Gasteiger partial charge in [-0.1, -0.05) is 24.3 Å². The maximum absolute atomic E-state index is 11.1.